The van der Waals surface area contributed by atoms with E-state index in [1.165, 1.54) is 23.5 Å². The summed E-state index contributed by atoms with van der Waals surface area (Å²) in [5.41, 5.74) is 0.683. The second-order valence-corrected chi connectivity index (χ2v) is 7.91. The van der Waals surface area contributed by atoms with Gasteiger partial charge in [0.05, 0.1) is 22.0 Å². The number of hydrogen-bond donors (Lipinski definition) is 1. The van der Waals surface area contributed by atoms with Gasteiger partial charge in [-0.2, -0.15) is 13.2 Å². The first kappa shape index (κ1) is 16.2. The van der Waals surface area contributed by atoms with Crippen LogP contribution in [0.3, 0.4) is 0 Å². The fourth-order valence-corrected chi connectivity index (χ4v) is 4.81. The van der Waals surface area contributed by atoms with E-state index in [0.717, 1.165) is 23.8 Å². The van der Waals surface area contributed by atoms with Gasteiger partial charge in [0.25, 0.3) is 0 Å². The largest absolute Gasteiger partial charge is 0.416 e. The van der Waals surface area contributed by atoms with Gasteiger partial charge in [-0.1, -0.05) is 11.6 Å². The van der Waals surface area contributed by atoms with Crippen molar-refractivity contribution in [2.24, 2.45) is 5.92 Å². The van der Waals surface area contributed by atoms with Gasteiger partial charge in [-0.25, -0.2) is 0 Å². The lowest BCUT2D eigenvalue weighted by atomic mass is 9.79. The number of benzene rings is 1. The number of thiophene rings is 1. The summed E-state index contributed by atoms with van der Waals surface area (Å²) in [6, 6.07) is 7.69. The maximum Gasteiger partial charge on any atom is 0.416 e. The summed E-state index contributed by atoms with van der Waals surface area (Å²) in [6.45, 7) is 0.578. The van der Waals surface area contributed by atoms with Crippen molar-refractivity contribution in [3.63, 3.8) is 0 Å². The number of anilines is 1. The molecule has 3 heterocycles. The van der Waals surface area contributed by atoms with Gasteiger partial charge in [0.15, 0.2) is 0 Å². The van der Waals surface area contributed by atoms with E-state index in [9.17, 15) is 13.2 Å². The maximum atomic E-state index is 13.1. The molecule has 0 aliphatic carbocycles. The summed E-state index contributed by atoms with van der Waals surface area (Å²) in [4.78, 5) is 1.09. The van der Waals surface area contributed by atoms with Gasteiger partial charge in [0.1, 0.15) is 0 Å². The van der Waals surface area contributed by atoms with Gasteiger partial charge >= 0.3 is 6.18 Å². The van der Waals surface area contributed by atoms with Crippen molar-refractivity contribution in [2.45, 2.75) is 31.2 Å². The third-order valence-corrected chi connectivity index (χ3v) is 6.01. The van der Waals surface area contributed by atoms with E-state index in [1.54, 1.807) is 0 Å². The van der Waals surface area contributed by atoms with E-state index >= 15 is 0 Å². The third-order valence-electron chi connectivity index (χ3n) is 4.69. The fourth-order valence-electron chi connectivity index (χ4n) is 3.62. The highest BCUT2D eigenvalue weighted by Crippen LogP contribution is 2.51. The summed E-state index contributed by atoms with van der Waals surface area (Å²) >= 11 is 7.56. The molecule has 7 heteroatoms. The molecule has 2 aromatic rings. The molecule has 3 atom stereocenters. The first-order chi connectivity index (χ1) is 11.4. The van der Waals surface area contributed by atoms with E-state index in [-0.39, 0.29) is 18.1 Å². The number of alkyl halides is 3. The van der Waals surface area contributed by atoms with Crippen molar-refractivity contribution in [1.82, 2.24) is 0 Å². The molecule has 4 rings (SSSR count). The molecule has 1 N–H and O–H groups in total. The van der Waals surface area contributed by atoms with E-state index in [1.807, 2.05) is 12.1 Å². The van der Waals surface area contributed by atoms with Crippen LogP contribution >= 0.6 is 22.9 Å². The lowest BCUT2D eigenvalue weighted by molar-refractivity contribution is -0.137. The van der Waals surface area contributed by atoms with Gasteiger partial charge in [-0.05, 0) is 43.2 Å². The van der Waals surface area contributed by atoms with Crippen LogP contribution in [0.5, 0.6) is 0 Å². The van der Waals surface area contributed by atoms with Crippen molar-refractivity contribution >= 4 is 28.6 Å². The Labute approximate surface area is 146 Å². The van der Waals surface area contributed by atoms with Crippen molar-refractivity contribution in [2.75, 3.05) is 11.9 Å². The molecule has 1 saturated heterocycles. The first-order valence-electron chi connectivity index (χ1n) is 7.78. The van der Waals surface area contributed by atoms with Crippen LogP contribution < -0.4 is 5.32 Å². The second kappa shape index (κ2) is 5.93. The van der Waals surface area contributed by atoms with Gasteiger partial charge in [-0.3, -0.25) is 0 Å². The van der Waals surface area contributed by atoms with Crippen LogP contribution in [0.2, 0.25) is 4.34 Å². The molecule has 2 nitrogen and oxygen atoms in total. The van der Waals surface area contributed by atoms with Crippen molar-refractivity contribution in [3.05, 3.63) is 50.7 Å². The van der Waals surface area contributed by atoms with Crippen LogP contribution in [0.4, 0.5) is 18.9 Å². The van der Waals surface area contributed by atoms with Crippen LogP contribution in [-0.2, 0) is 10.9 Å². The molecular formula is C17H15ClF3NOS. The molecule has 0 bridgehead atoms. The lowest BCUT2D eigenvalue weighted by Crippen LogP contribution is -2.35. The fraction of sp³-hybridized carbons (Fsp3) is 0.412. The van der Waals surface area contributed by atoms with Gasteiger partial charge in [0, 0.05) is 28.7 Å². The van der Waals surface area contributed by atoms with Crippen molar-refractivity contribution in [1.29, 1.82) is 0 Å². The van der Waals surface area contributed by atoms with Gasteiger partial charge < -0.3 is 10.1 Å². The predicted molar refractivity (Wildman–Crippen MR) is 88.6 cm³/mol. The average molecular weight is 374 g/mol. The molecule has 1 aromatic heterocycles. The molecule has 0 radical (unpaired) electrons. The Kier molecular flexibility index (Phi) is 4.01. The highest BCUT2D eigenvalue weighted by molar-refractivity contribution is 7.16. The number of fused-ring (bicyclic) bond motifs is 3. The smallest absolute Gasteiger partial charge is 0.377 e. The minimum atomic E-state index is -4.35. The van der Waals surface area contributed by atoms with E-state index in [2.05, 4.69) is 5.32 Å². The lowest BCUT2D eigenvalue weighted by Gasteiger charge is -2.43. The summed E-state index contributed by atoms with van der Waals surface area (Å²) < 4.78 is 45.8. The molecule has 1 aromatic carbocycles. The summed E-state index contributed by atoms with van der Waals surface area (Å²) in [7, 11) is 0. The molecule has 24 heavy (non-hydrogen) atoms. The topological polar surface area (TPSA) is 21.3 Å². The molecule has 2 aliphatic heterocycles. The molecule has 0 amide bonds. The van der Waals surface area contributed by atoms with E-state index in [4.69, 9.17) is 16.3 Å². The molecule has 2 aliphatic rings. The average Bonchev–Trinajstić information content (AvgIpc) is 2.99. The Balaban J connectivity index is 1.77. The number of hydrogen-bond acceptors (Lipinski definition) is 3. The van der Waals surface area contributed by atoms with E-state index < -0.39 is 11.7 Å². The first-order valence-corrected chi connectivity index (χ1v) is 8.97. The number of ether oxygens (including phenoxy) is 1. The Hall–Kier alpha value is -1.24. The molecule has 0 saturated carbocycles. The summed E-state index contributed by atoms with van der Waals surface area (Å²) in [5, 5.41) is 3.41. The van der Waals surface area contributed by atoms with Crippen LogP contribution in [0, 0.1) is 5.92 Å². The number of halogens is 4. The zero-order valence-corrected chi connectivity index (χ0v) is 14.1. The van der Waals surface area contributed by atoms with Crippen LogP contribution in [0.25, 0.3) is 0 Å². The standard InChI is InChI=1S/C17H15ClF3NOS/c18-14-6-5-13(24-14)15-10-2-1-7-23-16(10)11-8-9(17(19,20)21)3-4-12(11)22-15/h3-6,8,10,15-16,22H,1-2,7H2/t10-,15+,16-/m0/s1. The molecule has 0 unspecified atom stereocenters. The van der Waals surface area contributed by atoms with Crippen LogP contribution in [0.1, 0.15) is 41.0 Å². The summed E-state index contributed by atoms with van der Waals surface area (Å²) in [5.74, 6) is 0.101. The highest BCUT2D eigenvalue weighted by atomic mass is 35.5. The Morgan fingerprint density at radius 1 is 1.21 bits per heavy atom. The SMILES string of the molecule is FC(F)(F)c1ccc2c(c1)[C@H]1OCCC[C@H]1[C@H](c1ccc(Cl)s1)N2. The maximum absolute atomic E-state index is 13.1. The minimum Gasteiger partial charge on any atom is -0.377 e. The van der Waals surface area contributed by atoms with Gasteiger partial charge in [-0.15, -0.1) is 11.3 Å². The molecular weight excluding hydrogens is 359 g/mol. The zero-order valence-electron chi connectivity index (χ0n) is 12.6. The monoisotopic (exact) mass is 373 g/mol. The quantitative estimate of drug-likeness (QED) is 0.656. The van der Waals surface area contributed by atoms with Crippen LogP contribution in [0.15, 0.2) is 30.3 Å². The van der Waals surface area contributed by atoms with Crippen molar-refractivity contribution < 1.29 is 17.9 Å². The minimum absolute atomic E-state index is 0.0111. The summed E-state index contributed by atoms with van der Waals surface area (Å²) in [6.07, 6.45) is -2.85. The Morgan fingerprint density at radius 2 is 2.04 bits per heavy atom. The second-order valence-electron chi connectivity index (χ2n) is 6.16. The number of rotatable bonds is 1. The Bertz CT molecular complexity index is 761. The zero-order chi connectivity index (χ0) is 16.9. The van der Waals surface area contributed by atoms with E-state index in [0.29, 0.717) is 22.2 Å². The van der Waals surface area contributed by atoms with Gasteiger partial charge in [0.2, 0.25) is 0 Å². The third kappa shape index (κ3) is 2.80. The highest BCUT2D eigenvalue weighted by Gasteiger charge is 2.42. The van der Waals surface area contributed by atoms with Crippen molar-refractivity contribution in [3.8, 4) is 0 Å². The number of nitrogens with one attached hydrogen (secondary N) is 1. The van der Waals surface area contributed by atoms with Crippen LogP contribution in [-0.4, -0.2) is 6.61 Å². The molecule has 128 valence electrons. The Morgan fingerprint density at radius 3 is 2.75 bits per heavy atom. The predicted octanol–water partition coefficient (Wildman–Crippen LogP) is 6.05. The normalized spacial score (nSPS) is 26.4. The molecule has 0 spiro atoms. The molecule has 1 fully saturated rings.